The molecule has 0 aliphatic rings. The van der Waals surface area contributed by atoms with Crippen LogP contribution in [0.25, 0.3) is 0 Å². The minimum absolute atomic E-state index is 0.215. The van der Waals surface area contributed by atoms with Gasteiger partial charge in [-0.2, -0.15) is 5.10 Å². The maximum absolute atomic E-state index is 6.38. The summed E-state index contributed by atoms with van der Waals surface area (Å²) in [5.74, 6) is 0.604. The molecule has 0 bridgehead atoms. The third kappa shape index (κ3) is 4.62. The fourth-order valence-electron chi connectivity index (χ4n) is 2.06. The van der Waals surface area contributed by atoms with E-state index in [1.807, 2.05) is 10.9 Å². The second kappa shape index (κ2) is 7.80. The molecule has 0 aromatic carbocycles. The van der Waals surface area contributed by atoms with Gasteiger partial charge in [-0.05, 0) is 25.8 Å². The SMILES string of the molecule is CCC(CC)C(Cl)CNCc1ccn(C(C)C)n1. The highest BCUT2D eigenvalue weighted by atomic mass is 35.5. The first-order valence-corrected chi connectivity index (χ1v) is 7.40. The first kappa shape index (κ1) is 15.5. The van der Waals surface area contributed by atoms with Gasteiger partial charge in [-0.3, -0.25) is 4.68 Å². The van der Waals surface area contributed by atoms with E-state index in [1.54, 1.807) is 0 Å². The molecular formula is C14H26ClN3. The van der Waals surface area contributed by atoms with Crippen molar-refractivity contribution in [2.24, 2.45) is 5.92 Å². The van der Waals surface area contributed by atoms with Crippen LogP contribution in [0, 0.1) is 5.92 Å². The van der Waals surface area contributed by atoms with E-state index in [0.717, 1.165) is 31.6 Å². The molecule has 1 heterocycles. The Hall–Kier alpha value is -0.540. The Bertz CT molecular complexity index is 332. The van der Waals surface area contributed by atoms with Crippen molar-refractivity contribution in [1.82, 2.24) is 15.1 Å². The average Bonchev–Trinajstić information content (AvgIpc) is 2.79. The molecule has 0 saturated heterocycles. The maximum Gasteiger partial charge on any atom is 0.0762 e. The highest BCUT2D eigenvalue weighted by Gasteiger charge is 2.15. The molecule has 18 heavy (non-hydrogen) atoms. The van der Waals surface area contributed by atoms with Gasteiger partial charge in [-0.25, -0.2) is 0 Å². The summed E-state index contributed by atoms with van der Waals surface area (Å²) >= 11 is 6.38. The van der Waals surface area contributed by atoms with Gasteiger partial charge in [0.05, 0.1) is 5.69 Å². The van der Waals surface area contributed by atoms with E-state index < -0.39 is 0 Å². The Morgan fingerprint density at radius 2 is 2.00 bits per heavy atom. The lowest BCUT2D eigenvalue weighted by atomic mass is 9.99. The molecule has 0 radical (unpaired) electrons. The van der Waals surface area contributed by atoms with Crippen LogP contribution in [0.1, 0.15) is 52.3 Å². The third-order valence-corrected chi connectivity index (χ3v) is 3.91. The van der Waals surface area contributed by atoms with Crippen molar-refractivity contribution in [3.63, 3.8) is 0 Å². The van der Waals surface area contributed by atoms with Crippen molar-refractivity contribution < 1.29 is 0 Å². The zero-order valence-corrected chi connectivity index (χ0v) is 12.7. The molecule has 1 N–H and O–H groups in total. The van der Waals surface area contributed by atoms with E-state index in [4.69, 9.17) is 11.6 Å². The first-order chi connectivity index (χ1) is 8.58. The number of alkyl halides is 1. The molecule has 1 atom stereocenters. The summed E-state index contributed by atoms with van der Waals surface area (Å²) in [6.07, 6.45) is 4.32. The second-order valence-electron chi connectivity index (χ2n) is 5.10. The van der Waals surface area contributed by atoms with Crippen LogP contribution in [0.15, 0.2) is 12.3 Å². The minimum Gasteiger partial charge on any atom is -0.310 e. The Kier molecular flexibility index (Phi) is 6.72. The highest BCUT2D eigenvalue weighted by Crippen LogP contribution is 2.17. The topological polar surface area (TPSA) is 29.9 Å². The summed E-state index contributed by atoms with van der Waals surface area (Å²) in [5, 5.41) is 8.11. The molecule has 1 rings (SSSR count). The molecule has 104 valence electrons. The van der Waals surface area contributed by atoms with Gasteiger partial charge in [0, 0.05) is 30.7 Å². The Morgan fingerprint density at radius 1 is 1.33 bits per heavy atom. The standard InChI is InChI=1S/C14H26ClN3/c1-5-12(6-2)14(15)10-16-9-13-7-8-18(17-13)11(3)4/h7-8,11-12,14,16H,5-6,9-10H2,1-4H3. The lowest BCUT2D eigenvalue weighted by Gasteiger charge is -2.19. The molecule has 0 amide bonds. The summed E-state index contributed by atoms with van der Waals surface area (Å²) in [5.41, 5.74) is 1.08. The number of nitrogens with zero attached hydrogens (tertiary/aromatic N) is 2. The normalized spacial score (nSPS) is 13.5. The van der Waals surface area contributed by atoms with Gasteiger partial charge in [0.1, 0.15) is 0 Å². The van der Waals surface area contributed by atoms with E-state index >= 15 is 0 Å². The van der Waals surface area contributed by atoms with Crippen molar-refractivity contribution in [2.45, 2.75) is 58.5 Å². The van der Waals surface area contributed by atoms with Crippen LogP contribution in [0.5, 0.6) is 0 Å². The van der Waals surface area contributed by atoms with E-state index in [9.17, 15) is 0 Å². The molecule has 4 heteroatoms. The van der Waals surface area contributed by atoms with Crippen molar-refractivity contribution >= 4 is 11.6 Å². The van der Waals surface area contributed by atoms with E-state index in [2.05, 4.69) is 44.2 Å². The first-order valence-electron chi connectivity index (χ1n) is 6.97. The highest BCUT2D eigenvalue weighted by molar-refractivity contribution is 6.21. The van der Waals surface area contributed by atoms with Crippen molar-refractivity contribution in [3.8, 4) is 0 Å². The summed E-state index contributed by atoms with van der Waals surface area (Å²) < 4.78 is 1.98. The minimum atomic E-state index is 0.215. The molecule has 0 aliphatic carbocycles. The Morgan fingerprint density at radius 3 is 2.50 bits per heavy atom. The van der Waals surface area contributed by atoms with Gasteiger partial charge in [0.15, 0.2) is 0 Å². The number of hydrogen-bond donors (Lipinski definition) is 1. The Balaban J connectivity index is 2.32. The average molecular weight is 272 g/mol. The van der Waals surface area contributed by atoms with Gasteiger partial charge in [-0.15, -0.1) is 11.6 Å². The Labute approximate surface area is 116 Å². The summed E-state index contributed by atoms with van der Waals surface area (Å²) in [4.78, 5) is 0. The van der Waals surface area contributed by atoms with Gasteiger partial charge in [-0.1, -0.05) is 26.7 Å². The van der Waals surface area contributed by atoms with E-state index in [1.165, 1.54) is 0 Å². The summed E-state index contributed by atoms with van der Waals surface area (Å²) in [6.45, 7) is 10.3. The predicted octanol–water partition coefficient (Wildman–Crippen LogP) is 3.60. The van der Waals surface area contributed by atoms with Crippen LogP contribution in [-0.2, 0) is 6.54 Å². The summed E-state index contributed by atoms with van der Waals surface area (Å²) in [7, 11) is 0. The van der Waals surface area contributed by atoms with Gasteiger partial charge >= 0.3 is 0 Å². The smallest absolute Gasteiger partial charge is 0.0762 e. The van der Waals surface area contributed by atoms with Gasteiger partial charge in [0.25, 0.3) is 0 Å². The van der Waals surface area contributed by atoms with E-state index in [-0.39, 0.29) is 5.38 Å². The van der Waals surface area contributed by atoms with E-state index in [0.29, 0.717) is 12.0 Å². The van der Waals surface area contributed by atoms with Crippen LogP contribution >= 0.6 is 11.6 Å². The molecule has 1 unspecified atom stereocenters. The molecule has 0 aliphatic heterocycles. The monoisotopic (exact) mass is 271 g/mol. The second-order valence-corrected chi connectivity index (χ2v) is 5.66. The van der Waals surface area contributed by atoms with Crippen LogP contribution < -0.4 is 5.32 Å². The van der Waals surface area contributed by atoms with Crippen molar-refractivity contribution in [2.75, 3.05) is 6.54 Å². The zero-order valence-electron chi connectivity index (χ0n) is 12.0. The lowest BCUT2D eigenvalue weighted by Crippen LogP contribution is -2.28. The van der Waals surface area contributed by atoms with Crippen molar-refractivity contribution in [1.29, 1.82) is 0 Å². The largest absolute Gasteiger partial charge is 0.310 e. The van der Waals surface area contributed by atoms with Gasteiger partial charge in [0.2, 0.25) is 0 Å². The third-order valence-electron chi connectivity index (χ3n) is 3.40. The van der Waals surface area contributed by atoms with Crippen LogP contribution in [0.3, 0.4) is 0 Å². The molecule has 0 fully saturated rings. The van der Waals surface area contributed by atoms with Crippen molar-refractivity contribution in [3.05, 3.63) is 18.0 Å². The number of rotatable bonds is 8. The predicted molar refractivity (Wildman–Crippen MR) is 78.0 cm³/mol. The van der Waals surface area contributed by atoms with Gasteiger partial charge < -0.3 is 5.32 Å². The molecular weight excluding hydrogens is 246 g/mol. The molecule has 3 nitrogen and oxygen atoms in total. The number of aromatic nitrogens is 2. The zero-order chi connectivity index (χ0) is 13.5. The number of hydrogen-bond acceptors (Lipinski definition) is 2. The summed E-state index contributed by atoms with van der Waals surface area (Å²) in [6, 6.07) is 2.48. The molecule has 0 spiro atoms. The fraction of sp³-hybridized carbons (Fsp3) is 0.786. The van der Waals surface area contributed by atoms with Crippen LogP contribution in [-0.4, -0.2) is 21.7 Å². The maximum atomic E-state index is 6.38. The number of nitrogens with one attached hydrogen (secondary N) is 1. The molecule has 1 aromatic rings. The molecule has 1 aromatic heterocycles. The van der Waals surface area contributed by atoms with Crippen LogP contribution in [0.2, 0.25) is 0 Å². The number of halogens is 1. The van der Waals surface area contributed by atoms with Crippen LogP contribution in [0.4, 0.5) is 0 Å². The fourth-order valence-corrected chi connectivity index (χ4v) is 2.53. The lowest BCUT2D eigenvalue weighted by molar-refractivity contribution is 0.444. The molecule has 0 saturated carbocycles. The quantitative estimate of drug-likeness (QED) is 0.732.